The Kier molecular flexibility index (Phi) is 5.92. The van der Waals surface area contributed by atoms with E-state index in [1.165, 1.54) is 0 Å². The molecule has 1 fully saturated rings. The molecule has 1 N–H and O–H groups in total. The number of hydrogen-bond acceptors (Lipinski definition) is 7. The Morgan fingerprint density at radius 3 is 2.56 bits per heavy atom. The fourth-order valence-electron chi connectivity index (χ4n) is 3.87. The Labute approximate surface area is 195 Å². The van der Waals surface area contributed by atoms with Crippen molar-refractivity contribution in [1.82, 2.24) is 19.4 Å². The van der Waals surface area contributed by atoms with Gasteiger partial charge >= 0.3 is 5.97 Å². The van der Waals surface area contributed by atoms with Gasteiger partial charge in [0.15, 0.2) is 11.5 Å². The molecular formula is C25H23N5O4. The van der Waals surface area contributed by atoms with Gasteiger partial charge in [0.1, 0.15) is 0 Å². The van der Waals surface area contributed by atoms with Gasteiger partial charge in [-0.2, -0.15) is 0 Å². The highest BCUT2D eigenvalue weighted by Gasteiger charge is 2.19. The molecule has 0 saturated carbocycles. The molecule has 1 aliphatic heterocycles. The van der Waals surface area contributed by atoms with Gasteiger partial charge in [-0.05, 0) is 30.4 Å². The van der Waals surface area contributed by atoms with Crippen molar-refractivity contribution in [2.75, 3.05) is 38.3 Å². The van der Waals surface area contributed by atoms with Gasteiger partial charge in [0.05, 0.1) is 49.2 Å². The number of fused-ring (bicyclic) bond motifs is 1. The predicted octanol–water partition coefficient (Wildman–Crippen LogP) is 3.51. The third-order valence-corrected chi connectivity index (χ3v) is 5.61. The maximum absolute atomic E-state index is 11.2. The van der Waals surface area contributed by atoms with Gasteiger partial charge in [0.25, 0.3) is 0 Å². The van der Waals surface area contributed by atoms with Gasteiger partial charge in [-0.1, -0.05) is 18.2 Å². The van der Waals surface area contributed by atoms with Gasteiger partial charge in [0, 0.05) is 30.9 Å². The number of carboxylic acids is 1. The van der Waals surface area contributed by atoms with Gasteiger partial charge in [-0.15, -0.1) is 0 Å². The zero-order chi connectivity index (χ0) is 23.5. The lowest BCUT2D eigenvalue weighted by Gasteiger charge is -2.28. The minimum absolute atomic E-state index is 0.234. The average molecular weight is 457 g/mol. The first-order valence-electron chi connectivity index (χ1n) is 10.9. The Bertz CT molecular complexity index is 1360. The molecule has 3 aromatic heterocycles. The number of imidazole rings is 1. The lowest BCUT2D eigenvalue weighted by Crippen LogP contribution is -2.37. The molecule has 4 aromatic rings. The summed E-state index contributed by atoms with van der Waals surface area (Å²) in [5.41, 5.74) is 4.12. The number of rotatable bonds is 6. The van der Waals surface area contributed by atoms with E-state index in [0.29, 0.717) is 19.1 Å². The van der Waals surface area contributed by atoms with E-state index in [9.17, 15) is 9.90 Å². The van der Waals surface area contributed by atoms with Crippen LogP contribution in [0.3, 0.4) is 0 Å². The molecule has 1 saturated heterocycles. The lowest BCUT2D eigenvalue weighted by atomic mass is 10.1. The van der Waals surface area contributed by atoms with Crippen LogP contribution < -0.4 is 9.64 Å². The van der Waals surface area contributed by atoms with Crippen molar-refractivity contribution in [1.29, 1.82) is 0 Å². The molecule has 9 heteroatoms. The Morgan fingerprint density at radius 1 is 1.06 bits per heavy atom. The average Bonchev–Trinajstić information content (AvgIpc) is 3.32. The van der Waals surface area contributed by atoms with E-state index in [1.54, 1.807) is 43.6 Å². The maximum atomic E-state index is 11.2. The lowest BCUT2D eigenvalue weighted by molar-refractivity contribution is 0.0697. The first kappa shape index (κ1) is 21.6. The van der Waals surface area contributed by atoms with Gasteiger partial charge in [-0.3, -0.25) is 4.40 Å². The second kappa shape index (κ2) is 9.32. The summed E-state index contributed by atoms with van der Waals surface area (Å²) in [5, 5.41) is 9.22. The SMILES string of the molecule is COc1cccc(C=Cc2cn3c(-c4ccc(C(=O)O)cc4)cnc(N4CCOCC4)c3n2)n1. The number of methoxy groups -OCH3 is 1. The minimum Gasteiger partial charge on any atom is -0.481 e. The number of nitrogens with zero attached hydrogens (tertiary/aromatic N) is 5. The molecular weight excluding hydrogens is 434 g/mol. The Balaban J connectivity index is 1.58. The molecule has 0 aliphatic carbocycles. The summed E-state index contributed by atoms with van der Waals surface area (Å²) >= 11 is 0. The Hall–Kier alpha value is -4.24. The molecule has 1 aliphatic rings. The summed E-state index contributed by atoms with van der Waals surface area (Å²) in [7, 11) is 1.59. The highest BCUT2D eigenvalue weighted by Crippen LogP contribution is 2.27. The zero-order valence-corrected chi connectivity index (χ0v) is 18.6. The topological polar surface area (TPSA) is 102 Å². The number of hydrogen-bond donors (Lipinski definition) is 1. The summed E-state index contributed by atoms with van der Waals surface area (Å²) < 4.78 is 12.7. The van der Waals surface area contributed by atoms with Gasteiger partial charge in [-0.25, -0.2) is 19.7 Å². The van der Waals surface area contributed by atoms with Crippen LogP contribution in [0.25, 0.3) is 29.1 Å². The molecule has 0 atom stereocenters. The largest absolute Gasteiger partial charge is 0.481 e. The van der Waals surface area contributed by atoms with E-state index < -0.39 is 5.97 Å². The number of anilines is 1. The van der Waals surface area contributed by atoms with E-state index >= 15 is 0 Å². The molecule has 4 heterocycles. The quantitative estimate of drug-likeness (QED) is 0.469. The van der Waals surface area contributed by atoms with Crippen LogP contribution in [0, 0.1) is 0 Å². The van der Waals surface area contributed by atoms with Crippen molar-refractivity contribution >= 4 is 29.6 Å². The molecule has 172 valence electrons. The van der Waals surface area contributed by atoms with E-state index in [2.05, 4.69) is 9.88 Å². The Morgan fingerprint density at radius 2 is 1.82 bits per heavy atom. The van der Waals surface area contributed by atoms with Crippen molar-refractivity contribution < 1.29 is 19.4 Å². The third-order valence-electron chi connectivity index (χ3n) is 5.61. The van der Waals surface area contributed by atoms with Gasteiger partial charge in [0.2, 0.25) is 5.88 Å². The molecule has 0 bridgehead atoms. The van der Waals surface area contributed by atoms with Crippen LogP contribution in [0.5, 0.6) is 5.88 Å². The zero-order valence-electron chi connectivity index (χ0n) is 18.6. The standard InChI is InChI=1S/C25H23N5O4/c1-33-22-4-2-3-19(27-22)9-10-20-16-30-21(17-5-7-18(8-6-17)25(31)32)15-26-23(24(30)28-20)29-11-13-34-14-12-29/h2-10,15-16H,11-14H2,1H3,(H,31,32). The summed E-state index contributed by atoms with van der Waals surface area (Å²) in [5.74, 6) is 0.370. The number of morpholine rings is 1. The second-order valence-corrected chi connectivity index (χ2v) is 7.75. The van der Waals surface area contributed by atoms with Crippen molar-refractivity contribution in [3.63, 3.8) is 0 Å². The molecule has 0 spiro atoms. The fourth-order valence-corrected chi connectivity index (χ4v) is 3.87. The second-order valence-electron chi connectivity index (χ2n) is 7.75. The smallest absolute Gasteiger partial charge is 0.335 e. The fraction of sp³-hybridized carbons (Fsp3) is 0.200. The minimum atomic E-state index is -0.960. The first-order valence-corrected chi connectivity index (χ1v) is 10.9. The number of benzene rings is 1. The molecule has 0 radical (unpaired) electrons. The molecule has 5 rings (SSSR count). The van der Waals surface area contributed by atoms with Gasteiger partial charge < -0.3 is 19.5 Å². The van der Waals surface area contributed by atoms with Crippen LogP contribution in [0.4, 0.5) is 5.82 Å². The molecule has 0 amide bonds. The van der Waals surface area contributed by atoms with Crippen molar-refractivity contribution in [3.05, 3.63) is 71.8 Å². The highest BCUT2D eigenvalue weighted by molar-refractivity contribution is 5.88. The van der Waals surface area contributed by atoms with Crippen molar-refractivity contribution in [2.45, 2.75) is 0 Å². The number of carboxylic acid groups (broad SMARTS) is 1. The van der Waals surface area contributed by atoms with Crippen LogP contribution in [0.15, 0.2) is 54.9 Å². The van der Waals surface area contributed by atoms with Crippen LogP contribution in [-0.2, 0) is 4.74 Å². The number of aromatic carboxylic acids is 1. The summed E-state index contributed by atoms with van der Waals surface area (Å²) in [6, 6.07) is 12.3. The molecule has 1 aromatic carbocycles. The van der Waals surface area contributed by atoms with Crippen LogP contribution >= 0.6 is 0 Å². The summed E-state index contributed by atoms with van der Waals surface area (Å²) in [4.78, 5) is 27.4. The molecule has 34 heavy (non-hydrogen) atoms. The highest BCUT2D eigenvalue weighted by atomic mass is 16.5. The van der Waals surface area contributed by atoms with E-state index in [-0.39, 0.29) is 5.56 Å². The summed E-state index contributed by atoms with van der Waals surface area (Å²) in [6.07, 6.45) is 7.52. The molecule has 9 nitrogen and oxygen atoms in total. The number of aromatic nitrogens is 4. The van der Waals surface area contributed by atoms with Crippen molar-refractivity contribution in [3.8, 4) is 17.1 Å². The van der Waals surface area contributed by atoms with Crippen LogP contribution in [0.1, 0.15) is 21.7 Å². The number of pyridine rings is 1. The monoisotopic (exact) mass is 457 g/mol. The van der Waals surface area contributed by atoms with E-state index in [1.807, 2.05) is 34.9 Å². The number of ether oxygens (including phenoxy) is 2. The maximum Gasteiger partial charge on any atom is 0.335 e. The normalized spacial score (nSPS) is 14.1. The third kappa shape index (κ3) is 4.33. The van der Waals surface area contributed by atoms with Crippen molar-refractivity contribution in [2.24, 2.45) is 0 Å². The predicted molar refractivity (Wildman–Crippen MR) is 128 cm³/mol. The molecule has 0 unspecified atom stereocenters. The van der Waals surface area contributed by atoms with Crippen LogP contribution in [0.2, 0.25) is 0 Å². The van der Waals surface area contributed by atoms with E-state index in [0.717, 1.165) is 47.2 Å². The first-order chi connectivity index (χ1) is 16.6. The van der Waals surface area contributed by atoms with E-state index in [4.69, 9.17) is 19.4 Å². The number of carbonyl (C=O) groups is 1. The van der Waals surface area contributed by atoms with Crippen LogP contribution in [-0.4, -0.2) is 63.8 Å². The summed E-state index contributed by atoms with van der Waals surface area (Å²) in [6.45, 7) is 2.75.